The van der Waals surface area contributed by atoms with Gasteiger partial charge in [-0.2, -0.15) is 0 Å². The number of carbonyl (C=O) groups excluding carboxylic acids is 1. The maximum absolute atomic E-state index is 11.7. The third-order valence-electron chi connectivity index (χ3n) is 4.62. The summed E-state index contributed by atoms with van der Waals surface area (Å²) in [5, 5.41) is 1.89. The van der Waals surface area contributed by atoms with Gasteiger partial charge < -0.3 is 10.9 Å². The fraction of sp³-hybridized carbons (Fsp3) is 0.0417. The van der Waals surface area contributed by atoms with Crippen LogP contribution in [0.3, 0.4) is 0 Å². The van der Waals surface area contributed by atoms with Crippen LogP contribution in [-0.2, 0) is 4.79 Å². The predicted molar refractivity (Wildman–Crippen MR) is 119 cm³/mol. The highest BCUT2D eigenvalue weighted by atomic mass is 16.1. The van der Waals surface area contributed by atoms with E-state index in [1.165, 1.54) is 0 Å². The first-order valence-electron chi connectivity index (χ1n) is 9.31. The van der Waals surface area contributed by atoms with Crippen LogP contribution in [0.4, 0.5) is 11.4 Å². The molecule has 142 valence electrons. The van der Waals surface area contributed by atoms with E-state index in [1.807, 2.05) is 85.8 Å². The van der Waals surface area contributed by atoms with Crippen LogP contribution < -0.4 is 10.9 Å². The van der Waals surface area contributed by atoms with Crippen molar-refractivity contribution in [3.05, 3.63) is 90.1 Å². The minimum Gasteiger partial charge on any atom is -0.305 e. The minimum atomic E-state index is 0.457. The Morgan fingerprint density at radius 2 is 1.45 bits per heavy atom. The van der Waals surface area contributed by atoms with E-state index in [4.69, 9.17) is 4.98 Å². The van der Waals surface area contributed by atoms with E-state index in [1.54, 1.807) is 6.21 Å². The molecule has 2 N–H and O–H groups in total. The maximum atomic E-state index is 11.7. The molecular formula is C24H20N4O. The van der Waals surface area contributed by atoms with Crippen molar-refractivity contribution in [3.8, 4) is 0 Å². The zero-order chi connectivity index (χ0) is 20.1. The molecule has 1 aromatic heterocycles. The molecule has 0 fully saturated rings. The summed E-state index contributed by atoms with van der Waals surface area (Å²) in [5.74, 6) is 0. The van der Waals surface area contributed by atoms with Crippen LogP contribution in [0, 0.1) is 0 Å². The first kappa shape index (κ1) is 18.4. The van der Waals surface area contributed by atoms with Crippen molar-refractivity contribution in [2.24, 2.45) is 4.99 Å². The molecule has 0 saturated heterocycles. The fourth-order valence-electron chi connectivity index (χ4n) is 3.07. The maximum Gasteiger partial charge on any atom is 0.153 e. The third kappa shape index (κ3) is 3.99. The summed E-state index contributed by atoms with van der Waals surface area (Å²) in [6.07, 6.45) is 2.39. The molecule has 1 heterocycles. The number of anilines is 1. The van der Waals surface area contributed by atoms with Crippen molar-refractivity contribution in [2.75, 3.05) is 5.43 Å². The minimum absolute atomic E-state index is 0.457. The van der Waals surface area contributed by atoms with Gasteiger partial charge in [0.25, 0.3) is 0 Å². The SMILES string of the molecule is CC(NNc1ccccc1)=C(C=O)C=Nc1c2ccccc2nc2ccccc12. The molecule has 0 aliphatic heterocycles. The Kier molecular flexibility index (Phi) is 5.29. The molecular weight excluding hydrogens is 360 g/mol. The summed E-state index contributed by atoms with van der Waals surface area (Å²) in [6.45, 7) is 1.83. The molecule has 0 bridgehead atoms. The summed E-state index contributed by atoms with van der Waals surface area (Å²) >= 11 is 0. The first-order chi connectivity index (χ1) is 14.3. The lowest BCUT2D eigenvalue weighted by Gasteiger charge is -2.11. The Balaban J connectivity index is 1.71. The van der Waals surface area contributed by atoms with Gasteiger partial charge in [0.1, 0.15) is 0 Å². The Hall–Kier alpha value is -3.99. The van der Waals surface area contributed by atoms with Crippen LogP contribution in [0.5, 0.6) is 0 Å². The molecule has 5 nitrogen and oxygen atoms in total. The van der Waals surface area contributed by atoms with Crippen LogP contribution in [0.2, 0.25) is 0 Å². The van der Waals surface area contributed by atoms with Gasteiger partial charge in [-0.05, 0) is 31.2 Å². The zero-order valence-corrected chi connectivity index (χ0v) is 16.0. The van der Waals surface area contributed by atoms with Gasteiger partial charge in [0.2, 0.25) is 0 Å². The lowest BCUT2D eigenvalue weighted by atomic mass is 10.1. The second-order valence-electron chi connectivity index (χ2n) is 6.57. The fourth-order valence-corrected chi connectivity index (χ4v) is 3.07. The summed E-state index contributed by atoms with van der Waals surface area (Å²) in [5.41, 5.74) is 10.7. The Bertz CT molecular complexity index is 1180. The normalized spacial score (nSPS) is 12.2. The van der Waals surface area contributed by atoms with Gasteiger partial charge in [-0.1, -0.05) is 54.6 Å². The number of nitrogens with zero attached hydrogens (tertiary/aromatic N) is 2. The number of aliphatic imine (C=N–C) groups is 1. The molecule has 0 spiro atoms. The summed E-state index contributed by atoms with van der Waals surface area (Å²) < 4.78 is 0. The molecule has 0 amide bonds. The molecule has 0 unspecified atom stereocenters. The number of hydrogen-bond acceptors (Lipinski definition) is 5. The van der Waals surface area contributed by atoms with Gasteiger partial charge in [-0.15, -0.1) is 0 Å². The molecule has 29 heavy (non-hydrogen) atoms. The van der Waals surface area contributed by atoms with Crippen molar-refractivity contribution >= 4 is 45.7 Å². The number of hydrogen-bond donors (Lipinski definition) is 2. The van der Waals surface area contributed by atoms with Crippen molar-refractivity contribution in [1.29, 1.82) is 0 Å². The zero-order valence-electron chi connectivity index (χ0n) is 16.0. The van der Waals surface area contributed by atoms with Gasteiger partial charge in [0, 0.05) is 22.7 Å². The van der Waals surface area contributed by atoms with Gasteiger partial charge >= 0.3 is 0 Å². The smallest absolute Gasteiger partial charge is 0.153 e. The molecule has 4 rings (SSSR count). The number of aldehydes is 1. The lowest BCUT2D eigenvalue weighted by molar-refractivity contribution is -0.104. The number of nitrogens with one attached hydrogen (secondary N) is 2. The van der Waals surface area contributed by atoms with Crippen molar-refractivity contribution in [1.82, 2.24) is 10.4 Å². The number of hydrazine groups is 1. The monoisotopic (exact) mass is 380 g/mol. The number of para-hydroxylation sites is 3. The van der Waals surface area contributed by atoms with Crippen LogP contribution in [0.15, 0.2) is 95.1 Å². The average molecular weight is 380 g/mol. The van der Waals surface area contributed by atoms with E-state index in [2.05, 4.69) is 15.8 Å². The highest BCUT2D eigenvalue weighted by Gasteiger charge is 2.08. The highest BCUT2D eigenvalue weighted by molar-refractivity contribution is 6.10. The largest absolute Gasteiger partial charge is 0.305 e. The molecule has 0 radical (unpaired) electrons. The standard InChI is InChI=1S/C24H20N4O/c1-17(27-28-19-9-3-2-4-10-19)18(16-29)15-25-24-20-11-5-7-13-22(20)26-23-14-8-6-12-21(23)24/h2-16,27-28H,1H3. The predicted octanol–water partition coefficient (Wildman–Crippen LogP) is 5.18. The number of carbonyl (C=O) groups is 1. The molecule has 3 aromatic carbocycles. The van der Waals surface area contributed by atoms with Crippen molar-refractivity contribution in [3.63, 3.8) is 0 Å². The van der Waals surface area contributed by atoms with Gasteiger partial charge in [-0.3, -0.25) is 9.79 Å². The molecule has 4 aromatic rings. The number of allylic oxidation sites excluding steroid dienone is 2. The van der Waals surface area contributed by atoms with Gasteiger partial charge in [0.15, 0.2) is 6.29 Å². The second kappa shape index (κ2) is 8.35. The highest BCUT2D eigenvalue weighted by Crippen LogP contribution is 2.32. The molecule has 0 aliphatic rings. The average Bonchev–Trinajstić information content (AvgIpc) is 2.78. The number of benzene rings is 3. The molecule has 0 saturated carbocycles. The summed E-state index contributed by atoms with van der Waals surface area (Å²) in [7, 11) is 0. The second-order valence-corrected chi connectivity index (χ2v) is 6.57. The van der Waals surface area contributed by atoms with Gasteiger partial charge in [-0.25, -0.2) is 4.98 Å². The first-order valence-corrected chi connectivity index (χ1v) is 9.31. The Morgan fingerprint density at radius 1 is 0.862 bits per heavy atom. The van der Waals surface area contributed by atoms with Crippen LogP contribution >= 0.6 is 0 Å². The Labute approximate surface area is 168 Å². The van der Waals surface area contributed by atoms with E-state index in [9.17, 15) is 4.79 Å². The molecule has 5 heteroatoms. The molecule has 0 aliphatic carbocycles. The van der Waals surface area contributed by atoms with Gasteiger partial charge in [0.05, 0.1) is 28.0 Å². The quantitative estimate of drug-likeness (QED) is 0.159. The van der Waals surface area contributed by atoms with Crippen LogP contribution in [0.1, 0.15) is 6.92 Å². The number of fused-ring (bicyclic) bond motifs is 2. The van der Waals surface area contributed by atoms with E-state index >= 15 is 0 Å². The number of pyridine rings is 1. The van der Waals surface area contributed by atoms with Crippen LogP contribution in [0.25, 0.3) is 21.8 Å². The van der Waals surface area contributed by atoms with E-state index < -0.39 is 0 Å². The van der Waals surface area contributed by atoms with E-state index in [0.717, 1.165) is 39.5 Å². The Morgan fingerprint density at radius 3 is 2.07 bits per heavy atom. The van der Waals surface area contributed by atoms with Crippen molar-refractivity contribution < 1.29 is 4.79 Å². The summed E-state index contributed by atoms with van der Waals surface area (Å²) in [4.78, 5) is 21.1. The summed E-state index contributed by atoms with van der Waals surface area (Å²) in [6, 6.07) is 25.4. The number of rotatable bonds is 6. The van der Waals surface area contributed by atoms with E-state index in [-0.39, 0.29) is 0 Å². The third-order valence-corrected chi connectivity index (χ3v) is 4.62. The van der Waals surface area contributed by atoms with Crippen LogP contribution in [-0.4, -0.2) is 17.5 Å². The lowest BCUT2D eigenvalue weighted by Crippen LogP contribution is -2.21. The molecule has 0 atom stereocenters. The topological polar surface area (TPSA) is 66.4 Å². The van der Waals surface area contributed by atoms with Crippen molar-refractivity contribution in [2.45, 2.75) is 6.92 Å². The number of aromatic nitrogens is 1. The van der Waals surface area contributed by atoms with E-state index in [0.29, 0.717) is 11.3 Å².